The van der Waals surface area contributed by atoms with Crippen LogP contribution in [0.1, 0.15) is 23.4 Å². The summed E-state index contributed by atoms with van der Waals surface area (Å²) in [5.74, 6) is 0.418. The van der Waals surface area contributed by atoms with Crippen LogP contribution in [0.3, 0.4) is 0 Å². The second-order valence-electron chi connectivity index (χ2n) is 4.17. The van der Waals surface area contributed by atoms with Crippen LogP contribution in [-0.4, -0.2) is 16.0 Å². The van der Waals surface area contributed by atoms with E-state index in [1.165, 1.54) is 17.5 Å². The smallest absolute Gasteiger partial charge is 0.363 e. The Bertz CT molecular complexity index is 532. The van der Waals surface area contributed by atoms with Crippen LogP contribution in [0.2, 0.25) is 0 Å². The van der Waals surface area contributed by atoms with Crippen molar-refractivity contribution in [2.24, 2.45) is 0 Å². The van der Waals surface area contributed by atoms with Gasteiger partial charge in [0.15, 0.2) is 6.04 Å². The molecular formula is C11H10F3N3S. The fraction of sp³-hybridized carbons (Fsp3) is 0.364. The lowest BCUT2D eigenvalue weighted by molar-refractivity contribution is -0.173. The SMILES string of the molecule is FC(F)(F)[C@@H]1C[C@H](c2cccs2)Nc2ccnn21. The number of rotatable bonds is 1. The summed E-state index contributed by atoms with van der Waals surface area (Å²) < 4.78 is 40.1. The third kappa shape index (κ3) is 1.88. The molecule has 0 unspecified atom stereocenters. The van der Waals surface area contributed by atoms with Crippen LogP contribution < -0.4 is 5.32 Å². The van der Waals surface area contributed by atoms with Crippen LogP contribution in [0.15, 0.2) is 29.8 Å². The summed E-state index contributed by atoms with van der Waals surface area (Å²) in [6.07, 6.45) is -2.92. The van der Waals surface area contributed by atoms with Crippen molar-refractivity contribution in [3.8, 4) is 0 Å². The fourth-order valence-corrected chi connectivity index (χ4v) is 2.98. The zero-order valence-corrected chi connectivity index (χ0v) is 10.0. The van der Waals surface area contributed by atoms with Crippen molar-refractivity contribution in [3.63, 3.8) is 0 Å². The molecule has 2 atom stereocenters. The topological polar surface area (TPSA) is 29.9 Å². The van der Waals surface area contributed by atoms with Crippen LogP contribution in [0, 0.1) is 0 Å². The Balaban J connectivity index is 1.97. The molecule has 2 aromatic rings. The van der Waals surface area contributed by atoms with Gasteiger partial charge in [0.2, 0.25) is 0 Å². The molecule has 2 aromatic heterocycles. The zero-order chi connectivity index (χ0) is 12.8. The molecule has 0 aliphatic carbocycles. The average molecular weight is 273 g/mol. The number of nitrogens with zero attached hydrogens (tertiary/aromatic N) is 2. The van der Waals surface area contributed by atoms with Gasteiger partial charge in [-0.25, -0.2) is 4.68 Å². The zero-order valence-electron chi connectivity index (χ0n) is 9.19. The van der Waals surface area contributed by atoms with Gasteiger partial charge in [0, 0.05) is 17.4 Å². The number of alkyl halides is 3. The molecule has 0 saturated heterocycles. The molecule has 1 N–H and O–H groups in total. The van der Waals surface area contributed by atoms with Gasteiger partial charge in [-0.05, 0) is 11.4 Å². The van der Waals surface area contributed by atoms with Crippen molar-refractivity contribution >= 4 is 17.2 Å². The van der Waals surface area contributed by atoms with E-state index in [1.54, 1.807) is 6.07 Å². The predicted molar refractivity (Wildman–Crippen MR) is 62.6 cm³/mol. The minimum atomic E-state index is -4.28. The van der Waals surface area contributed by atoms with Crippen LogP contribution in [0.25, 0.3) is 0 Å². The number of nitrogens with one attached hydrogen (secondary N) is 1. The lowest BCUT2D eigenvalue weighted by atomic mass is 10.0. The third-order valence-electron chi connectivity index (χ3n) is 3.01. The standard InChI is InChI=1S/C11H10F3N3S/c12-11(13,14)9-6-7(8-2-1-5-18-8)16-10-3-4-15-17(9)10/h1-5,7,9,16H,6H2/t7-,9+/m1/s1. The maximum Gasteiger partial charge on any atom is 0.410 e. The summed E-state index contributed by atoms with van der Waals surface area (Å²) in [6, 6.07) is 3.40. The highest BCUT2D eigenvalue weighted by Gasteiger charge is 2.46. The molecule has 3 nitrogen and oxygen atoms in total. The Kier molecular flexibility index (Phi) is 2.58. The van der Waals surface area contributed by atoms with Gasteiger partial charge in [-0.3, -0.25) is 0 Å². The van der Waals surface area contributed by atoms with Crippen LogP contribution in [-0.2, 0) is 0 Å². The van der Waals surface area contributed by atoms with Gasteiger partial charge in [-0.2, -0.15) is 18.3 Å². The van der Waals surface area contributed by atoms with Gasteiger partial charge in [0.25, 0.3) is 0 Å². The average Bonchev–Trinajstić information content (AvgIpc) is 2.97. The lowest BCUT2D eigenvalue weighted by Crippen LogP contribution is -2.35. The first-order valence-corrected chi connectivity index (χ1v) is 6.34. The summed E-state index contributed by atoms with van der Waals surface area (Å²) in [4.78, 5) is 0.914. The molecule has 1 aliphatic heterocycles. The van der Waals surface area contributed by atoms with Crippen LogP contribution in [0.5, 0.6) is 0 Å². The Morgan fingerprint density at radius 3 is 2.89 bits per heavy atom. The predicted octanol–water partition coefficient (Wildman–Crippen LogP) is 3.60. The molecule has 0 saturated carbocycles. The molecule has 0 fully saturated rings. The number of anilines is 1. The number of fused-ring (bicyclic) bond motifs is 1. The van der Waals surface area contributed by atoms with Crippen molar-refractivity contribution in [1.29, 1.82) is 0 Å². The van der Waals surface area contributed by atoms with Crippen molar-refractivity contribution in [1.82, 2.24) is 9.78 Å². The van der Waals surface area contributed by atoms with Crippen LogP contribution >= 0.6 is 11.3 Å². The molecule has 96 valence electrons. The van der Waals surface area contributed by atoms with E-state index in [0.29, 0.717) is 5.82 Å². The second-order valence-corrected chi connectivity index (χ2v) is 5.15. The Hall–Kier alpha value is -1.50. The molecule has 0 spiro atoms. The molecular weight excluding hydrogens is 263 g/mol. The molecule has 7 heteroatoms. The first-order valence-electron chi connectivity index (χ1n) is 5.46. The third-order valence-corrected chi connectivity index (χ3v) is 4.00. The lowest BCUT2D eigenvalue weighted by Gasteiger charge is -2.32. The number of hydrogen-bond acceptors (Lipinski definition) is 3. The summed E-state index contributed by atoms with van der Waals surface area (Å²) in [7, 11) is 0. The van der Waals surface area contributed by atoms with E-state index in [0.717, 1.165) is 9.56 Å². The summed E-state index contributed by atoms with van der Waals surface area (Å²) in [5.41, 5.74) is 0. The quantitative estimate of drug-likeness (QED) is 0.860. The summed E-state index contributed by atoms with van der Waals surface area (Å²) in [5, 5.41) is 8.72. The van der Waals surface area contributed by atoms with Crippen molar-refractivity contribution < 1.29 is 13.2 Å². The van der Waals surface area contributed by atoms with Crippen LogP contribution in [0.4, 0.5) is 19.0 Å². The van der Waals surface area contributed by atoms with Crippen molar-refractivity contribution in [3.05, 3.63) is 34.7 Å². The Morgan fingerprint density at radius 2 is 2.22 bits per heavy atom. The monoisotopic (exact) mass is 273 g/mol. The van der Waals surface area contributed by atoms with E-state index in [-0.39, 0.29) is 12.5 Å². The number of halogens is 3. The summed E-state index contributed by atoms with van der Waals surface area (Å²) in [6.45, 7) is 0. The van der Waals surface area contributed by atoms with E-state index in [2.05, 4.69) is 10.4 Å². The van der Waals surface area contributed by atoms with Crippen molar-refractivity contribution in [2.75, 3.05) is 5.32 Å². The highest BCUT2D eigenvalue weighted by molar-refractivity contribution is 7.10. The van der Waals surface area contributed by atoms with Gasteiger partial charge < -0.3 is 5.32 Å². The maximum atomic E-state index is 13.0. The molecule has 18 heavy (non-hydrogen) atoms. The first kappa shape index (κ1) is 11.6. The van der Waals surface area contributed by atoms with Gasteiger partial charge in [0.05, 0.1) is 12.2 Å². The van der Waals surface area contributed by atoms with Gasteiger partial charge in [-0.1, -0.05) is 6.07 Å². The minimum Gasteiger partial charge on any atom is -0.363 e. The molecule has 0 amide bonds. The molecule has 0 aromatic carbocycles. The summed E-state index contributed by atoms with van der Waals surface area (Å²) >= 11 is 1.46. The largest absolute Gasteiger partial charge is 0.410 e. The second kappa shape index (κ2) is 4.01. The maximum absolute atomic E-state index is 13.0. The minimum absolute atomic E-state index is 0.0291. The van der Waals surface area contributed by atoms with Gasteiger partial charge in [0.1, 0.15) is 5.82 Å². The molecule has 3 heterocycles. The Labute approximate surface area is 105 Å². The highest BCUT2D eigenvalue weighted by atomic mass is 32.1. The van der Waals surface area contributed by atoms with Gasteiger partial charge >= 0.3 is 6.18 Å². The number of aromatic nitrogens is 2. The first-order chi connectivity index (χ1) is 8.55. The molecule has 0 radical (unpaired) electrons. The highest BCUT2D eigenvalue weighted by Crippen LogP contribution is 2.43. The normalized spacial score (nSPS) is 23.5. The van der Waals surface area contributed by atoms with E-state index >= 15 is 0 Å². The molecule has 0 bridgehead atoms. The Morgan fingerprint density at radius 1 is 1.39 bits per heavy atom. The fourth-order valence-electron chi connectivity index (χ4n) is 2.19. The van der Waals surface area contributed by atoms with E-state index in [4.69, 9.17) is 0 Å². The number of thiophene rings is 1. The molecule has 3 rings (SSSR count). The molecule has 1 aliphatic rings. The number of hydrogen-bond donors (Lipinski definition) is 1. The van der Waals surface area contributed by atoms with E-state index < -0.39 is 12.2 Å². The van der Waals surface area contributed by atoms with E-state index in [9.17, 15) is 13.2 Å². The van der Waals surface area contributed by atoms with Gasteiger partial charge in [-0.15, -0.1) is 11.3 Å². The van der Waals surface area contributed by atoms with Crippen molar-refractivity contribution in [2.45, 2.75) is 24.7 Å². The van der Waals surface area contributed by atoms with E-state index in [1.807, 2.05) is 17.5 Å².